The number of carbonyl (C=O) groups excluding carboxylic acids is 1. The zero-order valence-electron chi connectivity index (χ0n) is 14.1. The molecule has 0 bridgehead atoms. The molecule has 1 aliphatic heterocycles. The first-order valence-corrected chi connectivity index (χ1v) is 8.14. The monoisotopic (exact) mass is 349 g/mol. The molecule has 1 unspecified atom stereocenters. The van der Waals surface area contributed by atoms with Gasteiger partial charge in [-0.2, -0.15) is 0 Å². The third-order valence-corrected chi connectivity index (χ3v) is 4.58. The Morgan fingerprint density at radius 2 is 1.92 bits per heavy atom. The van der Waals surface area contributed by atoms with Crippen LogP contribution in [0.4, 0.5) is 0 Å². The maximum absolute atomic E-state index is 12.7. The number of carbonyl (C=O) groups is 1. The minimum Gasteiger partial charge on any atom is -0.431 e. The van der Waals surface area contributed by atoms with Crippen molar-refractivity contribution >= 4 is 18.3 Å². The maximum Gasteiger partial charge on any atom is 0.291 e. The summed E-state index contributed by atoms with van der Waals surface area (Å²) in [6.07, 6.45) is 1.89. The number of aryl methyl sites for hydroxylation is 1. The molecule has 1 amide bonds. The van der Waals surface area contributed by atoms with Gasteiger partial charge in [-0.25, -0.2) is 4.98 Å². The highest BCUT2D eigenvalue weighted by Crippen LogP contribution is 2.25. The topological polar surface area (TPSA) is 72.4 Å². The summed E-state index contributed by atoms with van der Waals surface area (Å²) in [7, 11) is 0. The number of piperidine rings is 1. The quantitative estimate of drug-likeness (QED) is 0.923. The lowest BCUT2D eigenvalue weighted by atomic mass is 9.91. The largest absolute Gasteiger partial charge is 0.431 e. The van der Waals surface area contributed by atoms with Gasteiger partial charge in [0.1, 0.15) is 0 Å². The Hall–Kier alpha value is -1.85. The summed E-state index contributed by atoms with van der Waals surface area (Å²) in [5.41, 5.74) is 7.48. The van der Waals surface area contributed by atoms with Crippen LogP contribution in [0, 0.1) is 12.8 Å². The van der Waals surface area contributed by atoms with Crippen molar-refractivity contribution < 1.29 is 9.21 Å². The van der Waals surface area contributed by atoms with E-state index >= 15 is 0 Å². The highest BCUT2D eigenvalue weighted by Gasteiger charge is 2.28. The zero-order chi connectivity index (χ0) is 16.4. The van der Waals surface area contributed by atoms with Crippen LogP contribution in [0.2, 0.25) is 0 Å². The van der Waals surface area contributed by atoms with Crippen molar-refractivity contribution in [1.82, 2.24) is 9.88 Å². The van der Waals surface area contributed by atoms with E-state index in [0.717, 1.165) is 31.5 Å². The minimum atomic E-state index is -0.0692. The Bertz CT molecular complexity index is 677. The lowest BCUT2D eigenvalue weighted by Gasteiger charge is -2.33. The lowest BCUT2D eigenvalue weighted by molar-refractivity contribution is 0.0649. The molecule has 0 saturated carbocycles. The fourth-order valence-electron chi connectivity index (χ4n) is 3.07. The molecule has 0 radical (unpaired) electrons. The van der Waals surface area contributed by atoms with Crippen molar-refractivity contribution in [2.45, 2.75) is 32.7 Å². The van der Waals surface area contributed by atoms with Gasteiger partial charge >= 0.3 is 0 Å². The van der Waals surface area contributed by atoms with Gasteiger partial charge in [-0.05, 0) is 44.7 Å². The smallest absolute Gasteiger partial charge is 0.291 e. The summed E-state index contributed by atoms with van der Waals surface area (Å²) >= 11 is 0. The molecule has 6 heteroatoms. The number of benzene rings is 1. The number of aromatic nitrogens is 1. The number of likely N-dealkylation sites (tertiary alicyclic amines) is 1. The van der Waals surface area contributed by atoms with Crippen LogP contribution in [0.25, 0.3) is 11.5 Å². The van der Waals surface area contributed by atoms with E-state index in [1.165, 1.54) is 0 Å². The molecule has 1 aliphatic rings. The predicted octanol–water partition coefficient (Wildman–Crippen LogP) is 3.27. The third kappa shape index (κ3) is 3.79. The van der Waals surface area contributed by atoms with Crippen LogP contribution < -0.4 is 5.73 Å². The van der Waals surface area contributed by atoms with Gasteiger partial charge in [-0.15, -0.1) is 12.4 Å². The second kappa shape index (κ2) is 7.81. The van der Waals surface area contributed by atoms with Crippen LogP contribution >= 0.6 is 12.4 Å². The molecule has 1 fully saturated rings. The van der Waals surface area contributed by atoms with Crippen LogP contribution in [-0.4, -0.2) is 34.9 Å². The molecule has 5 nitrogen and oxygen atoms in total. The molecule has 2 aromatic rings. The first-order chi connectivity index (χ1) is 11.1. The number of hydrogen-bond donors (Lipinski definition) is 1. The van der Waals surface area contributed by atoms with Gasteiger partial charge in [-0.3, -0.25) is 4.79 Å². The van der Waals surface area contributed by atoms with Gasteiger partial charge in [-0.1, -0.05) is 18.2 Å². The zero-order valence-corrected chi connectivity index (χ0v) is 14.9. The van der Waals surface area contributed by atoms with Gasteiger partial charge in [0, 0.05) is 24.7 Å². The number of nitrogens with zero attached hydrogens (tertiary/aromatic N) is 2. The molecular formula is C18H24ClN3O2. The molecule has 1 saturated heterocycles. The van der Waals surface area contributed by atoms with Crippen molar-refractivity contribution in [3.63, 3.8) is 0 Å². The molecule has 24 heavy (non-hydrogen) atoms. The molecule has 1 aromatic heterocycles. The van der Waals surface area contributed by atoms with E-state index in [1.807, 2.05) is 49.1 Å². The molecule has 0 aliphatic carbocycles. The molecule has 1 atom stereocenters. The Labute approximate surface area is 148 Å². The van der Waals surface area contributed by atoms with Crippen molar-refractivity contribution in [1.29, 1.82) is 0 Å². The Morgan fingerprint density at radius 1 is 1.29 bits per heavy atom. The molecule has 2 N–H and O–H groups in total. The molecule has 0 spiro atoms. The average Bonchev–Trinajstić information content (AvgIpc) is 2.97. The molecular weight excluding hydrogens is 326 g/mol. The number of hydrogen-bond acceptors (Lipinski definition) is 4. The van der Waals surface area contributed by atoms with Crippen LogP contribution in [0.15, 0.2) is 34.7 Å². The van der Waals surface area contributed by atoms with E-state index in [2.05, 4.69) is 4.98 Å². The Balaban J connectivity index is 0.00000208. The minimum absolute atomic E-state index is 0. The van der Waals surface area contributed by atoms with E-state index < -0.39 is 0 Å². The first kappa shape index (κ1) is 18.5. The van der Waals surface area contributed by atoms with Gasteiger partial charge in [0.25, 0.3) is 5.91 Å². The summed E-state index contributed by atoms with van der Waals surface area (Å²) in [6.45, 7) is 5.31. The number of rotatable bonds is 3. The van der Waals surface area contributed by atoms with Crippen molar-refractivity contribution in [2.24, 2.45) is 11.7 Å². The normalized spacial score (nSPS) is 16.5. The summed E-state index contributed by atoms with van der Waals surface area (Å²) < 4.78 is 5.76. The number of amides is 1. The number of nitrogens with two attached hydrogens (primary N) is 1. The van der Waals surface area contributed by atoms with Gasteiger partial charge in [0.05, 0.1) is 5.69 Å². The summed E-state index contributed by atoms with van der Waals surface area (Å²) in [4.78, 5) is 19.0. The predicted molar refractivity (Wildman–Crippen MR) is 96.2 cm³/mol. The van der Waals surface area contributed by atoms with Crippen molar-refractivity contribution in [3.05, 3.63) is 41.8 Å². The second-order valence-electron chi connectivity index (χ2n) is 6.29. The van der Waals surface area contributed by atoms with Crippen molar-refractivity contribution in [2.75, 3.05) is 13.1 Å². The molecule has 3 rings (SSSR count). The Kier molecular flexibility index (Phi) is 6.02. The number of oxazole rings is 1. The van der Waals surface area contributed by atoms with E-state index in [0.29, 0.717) is 23.3 Å². The molecule has 130 valence electrons. The van der Waals surface area contributed by atoms with E-state index in [1.54, 1.807) is 0 Å². The second-order valence-corrected chi connectivity index (χ2v) is 6.29. The number of halogens is 1. The highest BCUT2D eigenvalue weighted by molar-refractivity contribution is 5.93. The summed E-state index contributed by atoms with van der Waals surface area (Å²) in [5, 5.41) is 0. The molecule has 1 aromatic carbocycles. The van der Waals surface area contributed by atoms with Gasteiger partial charge < -0.3 is 15.1 Å². The van der Waals surface area contributed by atoms with E-state index in [-0.39, 0.29) is 24.4 Å². The SMILES string of the molecule is Cc1nc(-c2ccccc2)oc1C(=O)N1CCC(C(C)N)CC1.Cl. The molecule has 2 heterocycles. The van der Waals surface area contributed by atoms with Gasteiger partial charge in [0.2, 0.25) is 11.7 Å². The van der Waals surface area contributed by atoms with Crippen LogP contribution in [0.3, 0.4) is 0 Å². The van der Waals surface area contributed by atoms with E-state index in [9.17, 15) is 4.79 Å². The summed E-state index contributed by atoms with van der Waals surface area (Å²) in [5.74, 6) is 1.27. The third-order valence-electron chi connectivity index (χ3n) is 4.58. The standard InChI is InChI=1S/C18H23N3O2.ClH/c1-12(19)14-8-10-21(11-9-14)18(22)16-13(2)20-17(23-16)15-6-4-3-5-7-15;/h3-7,12,14H,8-11,19H2,1-2H3;1H. The fraction of sp³-hybridized carbons (Fsp3) is 0.444. The lowest BCUT2D eigenvalue weighted by Crippen LogP contribution is -2.42. The highest BCUT2D eigenvalue weighted by atomic mass is 35.5. The van der Waals surface area contributed by atoms with Crippen LogP contribution in [0.1, 0.15) is 36.0 Å². The maximum atomic E-state index is 12.7. The Morgan fingerprint density at radius 3 is 2.50 bits per heavy atom. The van der Waals surface area contributed by atoms with Crippen LogP contribution in [-0.2, 0) is 0 Å². The van der Waals surface area contributed by atoms with Crippen molar-refractivity contribution in [3.8, 4) is 11.5 Å². The fourth-order valence-corrected chi connectivity index (χ4v) is 3.07. The van der Waals surface area contributed by atoms with E-state index in [4.69, 9.17) is 10.2 Å². The van der Waals surface area contributed by atoms with Gasteiger partial charge in [0.15, 0.2) is 0 Å². The van der Waals surface area contributed by atoms with Crippen LogP contribution in [0.5, 0.6) is 0 Å². The first-order valence-electron chi connectivity index (χ1n) is 8.14. The average molecular weight is 350 g/mol. The summed E-state index contributed by atoms with van der Waals surface area (Å²) in [6, 6.07) is 9.82.